The third kappa shape index (κ3) is 4.24. The molecule has 8 heteroatoms. The Morgan fingerprint density at radius 3 is 2.77 bits per heavy atom. The summed E-state index contributed by atoms with van der Waals surface area (Å²) in [5.41, 5.74) is 0.474. The standard InChI is InChI=1S/C14H16F2N4O2/c1-8(10-3-4-11(15)12(16)7-10)18-14(21)17-6-5-13-19-9(2)20-22-13/h3-4,7-8H,5-6H2,1-2H3,(H2,17,18,21)/t8-/m1/s1. The largest absolute Gasteiger partial charge is 0.339 e. The molecule has 0 bridgehead atoms. The van der Waals surface area contributed by atoms with Gasteiger partial charge in [-0.2, -0.15) is 4.98 Å². The number of aryl methyl sites for hydroxylation is 1. The highest BCUT2D eigenvalue weighted by molar-refractivity contribution is 5.74. The average Bonchev–Trinajstić information content (AvgIpc) is 2.87. The van der Waals surface area contributed by atoms with Gasteiger partial charge in [-0.3, -0.25) is 0 Å². The van der Waals surface area contributed by atoms with Gasteiger partial charge in [0, 0.05) is 13.0 Å². The number of urea groups is 1. The monoisotopic (exact) mass is 310 g/mol. The normalized spacial score (nSPS) is 12.0. The molecule has 0 spiro atoms. The van der Waals surface area contributed by atoms with E-state index < -0.39 is 23.7 Å². The highest BCUT2D eigenvalue weighted by Crippen LogP contribution is 2.15. The van der Waals surface area contributed by atoms with Gasteiger partial charge >= 0.3 is 6.03 Å². The fraction of sp³-hybridized carbons (Fsp3) is 0.357. The lowest BCUT2D eigenvalue weighted by atomic mass is 10.1. The van der Waals surface area contributed by atoms with Gasteiger partial charge in [0.15, 0.2) is 17.5 Å². The highest BCUT2D eigenvalue weighted by Gasteiger charge is 2.12. The van der Waals surface area contributed by atoms with Crippen molar-refractivity contribution < 1.29 is 18.1 Å². The third-order valence-electron chi connectivity index (χ3n) is 2.99. The molecule has 6 nitrogen and oxygen atoms in total. The maximum absolute atomic E-state index is 13.1. The van der Waals surface area contributed by atoms with Crippen molar-refractivity contribution in [1.82, 2.24) is 20.8 Å². The van der Waals surface area contributed by atoms with Gasteiger partial charge in [-0.05, 0) is 31.5 Å². The van der Waals surface area contributed by atoms with Crippen molar-refractivity contribution in [2.24, 2.45) is 0 Å². The predicted molar refractivity (Wildman–Crippen MR) is 74.0 cm³/mol. The molecule has 2 aromatic rings. The van der Waals surface area contributed by atoms with Crippen molar-refractivity contribution in [3.8, 4) is 0 Å². The van der Waals surface area contributed by atoms with Crippen LogP contribution < -0.4 is 10.6 Å². The topological polar surface area (TPSA) is 80.0 Å². The molecule has 0 unspecified atom stereocenters. The van der Waals surface area contributed by atoms with Crippen molar-refractivity contribution in [2.75, 3.05) is 6.54 Å². The van der Waals surface area contributed by atoms with Crippen LogP contribution in [0.3, 0.4) is 0 Å². The van der Waals surface area contributed by atoms with Crippen molar-refractivity contribution >= 4 is 6.03 Å². The molecule has 0 radical (unpaired) electrons. The van der Waals surface area contributed by atoms with E-state index in [0.29, 0.717) is 30.2 Å². The Hall–Kier alpha value is -2.51. The van der Waals surface area contributed by atoms with Crippen LogP contribution >= 0.6 is 0 Å². The highest BCUT2D eigenvalue weighted by atomic mass is 19.2. The van der Waals surface area contributed by atoms with E-state index in [-0.39, 0.29) is 0 Å². The van der Waals surface area contributed by atoms with Gasteiger partial charge in [-0.25, -0.2) is 13.6 Å². The number of hydrogen-bond donors (Lipinski definition) is 2. The summed E-state index contributed by atoms with van der Waals surface area (Å²) in [4.78, 5) is 15.7. The van der Waals surface area contributed by atoms with E-state index in [2.05, 4.69) is 20.8 Å². The fourth-order valence-electron chi connectivity index (χ4n) is 1.84. The molecule has 2 N–H and O–H groups in total. The summed E-state index contributed by atoms with van der Waals surface area (Å²) in [7, 11) is 0. The Morgan fingerprint density at radius 1 is 1.36 bits per heavy atom. The molecule has 2 amide bonds. The Kier molecular flexibility index (Phi) is 5.03. The Labute approximate surface area is 125 Å². The Morgan fingerprint density at radius 2 is 2.14 bits per heavy atom. The number of nitrogens with zero attached hydrogens (tertiary/aromatic N) is 2. The SMILES string of the molecule is Cc1noc(CCNC(=O)N[C@H](C)c2ccc(F)c(F)c2)n1. The first-order valence-corrected chi connectivity index (χ1v) is 6.74. The van der Waals surface area contributed by atoms with Gasteiger partial charge in [0.1, 0.15) is 0 Å². The van der Waals surface area contributed by atoms with Crippen LogP contribution in [0.2, 0.25) is 0 Å². The van der Waals surface area contributed by atoms with Crippen LogP contribution in [-0.4, -0.2) is 22.7 Å². The summed E-state index contributed by atoms with van der Waals surface area (Å²) in [6, 6.07) is 2.62. The number of rotatable bonds is 5. The first-order chi connectivity index (χ1) is 10.5. The van der Waals surface area contributed by atoms with E-state index in [0.717, 1.165) is 12.1 Å². The van der Waals surface area contributed by atoms with Crippen LogP contribution in [0, 0.1) is 18.6 Å². The molecule has 0 aliphatic carbocycles. The molecular weight excluding hydrogens is 294 g/mol. The van der Waals surface area contributed by atoms with E-state index >= 15 is 0 Å². The second kappa shape index (κ2) is 6.97. The molecule has 0 aliphatic heterocycles. The summed E-state index contributed by atoms with van der Waals surface area (Å²) in [6.45, 7) is 3.70. The maximum atomic E-state index is 13.1. The van der Waals surface area contributed by atoms with E-state index in [4.69, 9.17) is 4.52 Å². The minimum absolute atomic E-state index is 0.317. The minimum Gasteiger partial charge on any atom is -0.339 e. The number of aromatic nitrogens is 2. The van der Waals surface area contributed by atoms with Gasteiger partial charge in [0.2, 0.25) is 5.89 Å². The first-order valence-electron chi connectivity index (χ1n) is 6.74. The zero-order chi connectivity index (χ0) is 16.1. The zero-order valence-electron chi connectivity index (χ0n) is 12.2. The lowest BCUT2D eigenvalue weighted by Crippen LogP contribution is -2.38. The molecule has 1 heterocycles. The van der Waals surface area contributed by atoms with Crippen LogP contribution in [-0.2, 0) is 6.42 Å². The van der Waals surface area contributed by atoms with Gasteiger partial charge in [0.05, 0.1) is 6.04 Å². The van der Waals surface area contributed by atoms with E-state index in [9.17, 15) is 13.6 Å². The molecule has 1 aromatic carbocycles. The van der Waals surface area contributed by atoms with E-state index in [1.807, 2.05) is 0 Å². The lowest BCUT2D eigenvalue weighted by molar-refractivity contribution is 0.237. The molecule has 0 fully saturated rings. The van der Waals surface area contributed by atoms with Crippen molar-refractivity contribution in [3.05, 3.63) is 47.1 Å². The van der Waals surface area contributed by atoms with Gasteiger partial charge < -0.3 is 15.2 Å². The smallest absolute Gasteiger partial charge is 0.315 e. The molecule has 0 aliphatic rings. The second-order valence-corrected chi connectivity index (χ2v) is 4.78. The van der Waals surface area contributed by atoms with Crippen molar-refractivity contribution in [1.29, 1.82) is 0 Å². The quantitative estimate of drug-likeness (QED) is 0.887. The summed E-state index contributed by atoms with van der Waals surface area (Å²) >= 11 is 0. The number of benzene rings is 1. The number of nitrogens with one attached hydrogen (secondary N) is 2. The molecule has 118 valence electrons. The molecular formula is C14H16F2N4O2. The molecule has 2 rings (SSSR count). The molecule has 22 heavy (non-hydrogen) atoms. The third-order valence-corrected chi connectivity index (χ3v) is 2.99. The maximum Gasteiger partial charge on any atom is 0.315 e. The summed E-state index contributed by atoms with van der Waals surface area (Å²) in [6.07, 6.45) is 0.411. The summed E-state index contributed by atoms with van der Waals surface area (Å²) in [5, 5.41) is 8.89. The summed E-state index contributed by atoms with van der Waals surface area (Å²) < 4.78 is 30.9. The van der Waals surface area contributed by atoms with Gasteiger partial charge in [-0.1, -0.05) is 11.2 Å². The predicted octanol–water partition coefficient (Wildman–Crippen LogP) is 2.26. The second-order valence-electron chi connectivity index (χ2n) is 4.78. The van der Waals surface area contributed by atoms with Gasteiger partial charge in [-0.15, -0.1) is 0 Å². The van der Waals surface area contributed by atoms with Crippen molar-refractivity contribution in [3.63, 3.8) is 0 Å². The first kappa shape index (κ1) is 15.9. The average molecular weight is 310 g/mol. The lowest BCUT2D eigenvalue weighted by Gasteiger charge is -2.15. The molecule has 0 saturated carbocycles. The fourth-order valence-corrected chi connectivity index (χ4v) is 1.84. The van der Waals surface area contributed by atoms with Crippen LogP contribution in [0.4, 0.5) is 13.6 Å². The summed E-state index contributed by atoms with van der Waals surface area (Å²) in [5.74, 6) is -0.897. The van der Waals surface area contributed by atoms with Crippen LogP contribution in [0.1, 0.15) is 30.2 Å². The molecule has 0 saturated heterocycles. The number of halogens is 2. The Balaban J connectivity index is 1.79. The number of carbonyl (C=O) groups excluding carboxylic acids is 1. The minimum atomic E-state index is -0.946. The van der Waals surface area contributed by atoms with Crippen LogP contribution in [0.25, 0.3) is 0 Å². The Bertz CT molecular complexity index is 660. The van der Waals surface area contributed by atoms with E-state index in [1.165, 1.54) is 6.07 Å². The van der Waals surface area contributed by atoms with Gasteiger partial charge in [0.25, 0.3) is 0 Å². The number of hydrogen-bond acceptors (Lipinski definition) is 4. The van der Waals surface area contributed by atoms with Crippen LogP contribution in [0.15, 0.2) is 22.7 Å². The number of carbonyl (C=O) groups is 1. The molecule has 1 atom stereocenters. The zero-order valence-corrected chi connectivity index (χ0v) is 12.2. The van der Waals surface area contributed by atoms with Crippen LogP contribution in [0.5, 0.6) is 0 Å². The molecule has 1 aromatic heterocycles. The van der Waals surface area contributed by atoms with E-state index in [1.54, 1.807) is 13.8 Å². The number of amides is 2. The van der Waals surface area contributed by atoms with Crippen molar-refractivity contribution in [2.45, 2.75) is 26.3 Å².